The third kappa shape index (κ3) is 4.94. The van der Waals surface area contributed by atoms with Crippen molar-refractivity contribution in [3.05, 3.63) is 0 Å². The van der Waals surface area contributed by atoms with Crippen molar-refractivity contribution >= 4 is 0 Å². The van der Waals surface area contributed by atoms with Gasteiger partial charge in [-0.2, -0.15) is 0 Å². The van der Waals surface area contributed by atoms with E-state index in [9.17, 15) is 0 Å². The van der Waals surface area contributed by atoms with E-state index in [-0.39, 0.29) is 0 Å². The molecule has 0 aromatic rings. The number of hydrogen-bond acceptors (Lipinski definition) is 3. The Morgan fingerprint density at radius 3 is 2.47 bits per heavy atom. The largest absolute Gasteiger partial charge is 0.379 e. The van der Waals surface area contributed by atoms with Gasteiger partial charge in [-0.05, 0) is 23.8 Å². The molecule has 1 rings (SSSR count). The number of nitrogens with one attached hydrogen (secondary N) is 2. The lowest BCUT2D eigenvalue weighted by molar-refractivity contribution is 0.0731. The van der Waals surface area contributed by atoms with E-state index in [1.54, 1.807) is 0 Å². The Kier molecular flexibility index (Phi) is 5.42. The maximum Gasteiger partial charge on any atom is 0.0620 e. The molecular weight excluding hydrogens is 212 g/mol. The van der Waals surface area contributed by atoms with Crippen molar-refractivity contribution in [2.75, 3.05) is 32.8 Å². The highest BCUT2D eigenvalue weighted by molar-refractivity contribution is 4.84. The Labute approximate surface area is 107 Å². The maximum atomic E-state index is 5.44. The van der Waals surface area contributed by atoms with Crippen LogP contribution < -0.4 is 10.6 Å². The van der Waals surface area contributed by atoms with Crippen LogP contribution in [0.25, 0.3) is 0 Å². The van der Waals surface area contributed by atoms with Crippen molar-refractivity contribution in [3.8, 4) is 0 Å². The minimum absolute atomic E-state index is 0.323. The predicted molar refractivity (Wildman–Crippen MR) is 73.3 cm³/mol. The normalized spacial score (nSPS) is 22.8. The minimum atomic E-state index is 0.323. The summed E-state index contributed by atoms with van der Waals surface area (Å²) in [6.45, 7) is 16.5. The molecule has 0 bridgehead atoms. The quantitative estimate of drug-likeness (QED) is 0.724. The average Bonchev–Trinajstić information content (AvgIpc) is 2.24. The molecule has 0 aliphatic carbocycles. The van der Waals surface area contributed by atoms with Crippen molar-refractivity contribution < 1.29 is 4.74 Å². The van der Waals surface area contributed by atoms with Gasteiger partial charge in [0.2, 0.25) is 0 Å². The van der Waals surface area contributed by atoms with E-state index in [0.717, 1.165) is 39.3 Å². The molecule has 3 heteroatoms. The Bertz CT molecular complexity index is 215. The van der Waals surface area contributed by atoms with Crippen LogP contribution in [0.1, 0.15) is 41.0 Å². The van der Waals surface area contributed by atoms with Crippen LogP contribution in [-0.4, -0.2) is 38.9 Å². The van der Waals surface area contributed by atoms with Crippen LogP contribution in [-0.2, 0) is 4.74 Å². The van der Waals surface area contributed by atoms with E-state index in [2.05, 4.69) is 45.3 Å². The predicted octanol–water partition coefficient (Wildman–Crippen LogP) is 2.03. The molecule has 1 heterocycles. The summed E-state index contributed by atoms with van der Waals surface area (Å²) in [4.78, 5) is 0. The monoisotopic (exact) mass is 242 g/mol. The Morgan fingerprint density at radius 1 is 1.24 bits per heavy atom. The standard InChI is InChI=1S/C14H30N2O/c1-13(2,3)14(4,5)11-15-7-6-12-10-17-9-8-16-12/h12,15-16H,6-11H2,1-5H3. The van der Waals surface area contributed by atoms with Gasteiger partial charge in [0.05, 0.1) is 13.2 Å². The van der Waals surface area contributed by atoms with E-state index in [0.29, 0.717) is 16.9 Å². The Hall–Kier alpha value is -0.120. The topological polar surface area (TPSA) is 33.3 Å². The number of hydrogen-bond donors (Lipinski definition) is 2. The summed E-state index contributed by atoms with van der Waals surface area (Å²) in [5.41, 5.74) is 0.662. The number of ether oxygens (including phenoxy) is 1. The second kappa shape index (κ2) is 6.17. The molecule has 1 saturated heterocycles. The summed E-state index contributed by atoms with van der Waals surface area (Å²) < 4.78 is 5.44. The lowest BCUT2D eigenvalue weighted by Gasteiger charge is -2.39. The fourth-order valence-corrected chi connectivity index (χ4v) is 1.75. The molecule has 0 amide bonds. The molecule has 3 nitrogen and oxygen atoms in total. The van der Waals surface area contributed by atoms with Gasteiger partial charge in [0, 0.05) is 19.1 Å². The van der Waals surface area contributed by atoms with Crippen LogP contribution in [0.5, 0.6) is 0 Å². The van der Waals surface area contributed by atoms with E-state index < -0.39 is 0 Å². The van der Waals surface area contributed by atoms with Gasteiger partial charge in [-0.1, -0.05) is 34.6 Å². The van der Waals surface area contributed by atoms with Gasteiger partial charge in [-0.15, -0.1) is 0 Å². The van der Waals surface area contributed by atoms with E-state index in [1.807, 2.05) is 0 Å². The van der Waals surface area contributed by atoms with Crippen LogP contribution in [0.3, 0.4) is 0 Å². The van der Waals surface area contributed by atoms with Gasteiger partial charge in [0.15, 0.2) is 0 Å². The fourth-order valence-electron chi connectivity index (χ4n) is 1.75. The Balaban J connectivity index is 2.15. The smallest absolute Gasteiger partial charge is 0.0620 e. The van der Waals surface area contributed by atoms with Gasteiger partial charge in [-0.3, -0.25) is 0 Å². The Morgan fingerprint density at radius 2 is 1.94 bits per heavy atom. The molecule has 0 radical (unpaired) electrons. The average molecular weight is 242 g/mol. The molecule has 102 valence electrons. The van der Waals surface area contributed by atoms with Gasteiger partial charge < -0.3 is 15.4 Å². The molecule has 1 atom stereocenters. The molecule has 0 aromatic heterocycles. The lowest BCUT2D eigenvalue weighted by Crippen LogP contribution is -2.44. The summed E-state index contributed by atoms with van der Waals surface area (Å²) in [6.07, 6.45) is 1.15. The first kappa shape index (κ1) is 14.9. The van der Waals surface area contributed by atoms with E-state index >= 15 is 0 Å². The highest BCUT2D eigenvalue weighted by atomic mass is 16.5. The van der Waals surface area contributed by atoms with Crippen molar-refractivity contribution in [2.24, 2.45) is 10.8 Å². The molecular formula is C14H30N2O. The highest BCUT2D eigenvalue weighted by Gasteiger charge is 2.32. The van der Waals surface area contributed by atoms with Crippen molar-refractivity contribution in [2.45, 2.75) is 47.1 Å². The molecule has 1 fully saturated rings. The summed E-state index contributed by atoms with van der Waals surface area (Å²) >= 11 is 0. The summed E-state index contributed by atoms with van der Waals surface area (Å²) in [5.74, 6) is 0. The second-order valence-electron chi connectivity index (χ2n) is 6.83. The zero-order valence-corrected chi connectivity index (χ0v) is 12.2. The van der Waals surface area contributed by atoms with Crippen LogP contribution in [0.2, 0.25) is 0 Å². The number of rotatable bonds is 5. The summed E-state index contributed by atoms with van der Waals surface area (Å²) in [6, 6.07) is 0.536. The molecule has 17 heavy (non-hydrogen) atoms. The third-order valence-electron chi connectivity index (χ3n) is 4.27. The summed E-state index contributed by atoms with van der Waals surface area (Å²) in [7, 11) is 0. The molecule has 0 saturated carbocycles. The molecule has 0 spiro atoms. The first-order chi connectivity index (χ1) is 7.83. The molecule has 0 aromatic carbocycles. The molecule has 2 N–H and O–H groups in total. The van der Waals surface area contributed by atoms with Gasteiger partial charge in [0.1, 0.15) is 0 Å². The number of morpholine rings is 1. The molecule has 1 aliphatic rings. The van der Waals surface area contributed by atoms with Crippen molar-refractivity contribution in [1.82, 2.24) is 10.6 Å². The first-order valence-corrected chi connectivity index (χ1v) is 6.85. The zero-order chi connectivity index (χ0) is 12.9. The minimum Gasteiger partial charge on any atom is -0.379 e. The van der Waals surface area contributed by atoms with Crippen LogP contribution >= 0.6 is 0 Å². The summed E-state index contributed by atoms with van der Waals surface area (Å²) in [5, 5.41) is 7.07. The first-order valence-electron chi connectivity index (χ1n) is 6.85. The van der Waals surface area contributed by atoms with Gasteiger partial charge in [0.25, 0.3) is 0 Å². The van der Waals surface area contributed by atoms with Gasteiger partial charge in [-0.25, -0.2) is 0 Å². The van der Waals surface area contributed by atoms with E-state index in [4.69, 9.17) is 4.74 Å². The van der Waals surface area contributed by atoms with Gasteiger partial charge >= 0.3 is 0 Å². The van der Waals surface area contributed by atoms with E-state index in [1.165, 1.54) is 0 Å². The second-order valence-corrected chi connectivity index (χ2v) is 6.83. The maximum absolute atomic E-state index is 5.44. The van der Waals surface area contributed by atoms with Crippen molar-refractivity contribution in [1.29, 1.82) is 0 Å². The lowest BCUT2D eigenvalue weighted by atomic mass is 9.69. The molecule has 1 aliphatic heterocycles. The zero-order valence-electron chi connectivity index (χ0n) is 12.2. The highest BCUT2D eigenvalue weighted by Crippen LogP contribution is 2.36. The SMILES string of the molecule is CC(C)(C)C(C)(C)CNCCC1COCCN1. The van der Waals surface area contributed by atoms with Crippen LogP contribution in [0.15, 0.2) is 0 Å². The van der Waals surface area contributed by atoms with Crippen LogP contribution in [0, 0.1) is 10.8 Å². The third-order valence-corrected chi connectivity index (χ3v) is 4.27. The van der Waals surface area contributed by atoms with Crippen LogP contribution in [0.4, 0.5) is 0 Å². The van der Waals surface area contributed by atoms with Crippen molar-refractivity contribution in [3.63, 3.8) is 0 Å². The molecule has 1 unspecified atom stereocenters. The fraction of sp³-hybridized carbons (Fsp3) is 1.00.